The molecule has 2 heteroatoms. The summed E-state index contributed by atoms with van der Waals surface area (Å²) in [5, 5.41) is 0.285. The molecule has 2 rings (SSSR count). The molecule has 1 nitrogen and oxygen atoms in total. The van der Waals surface area contributed by atoms with E-state index in [0.29, 0.717) is 6.10 Å². The number of rotatable bonds is 3. The second-order valence-electron chi connectivity index (χ2n) is 7.39. The fraction of sp³-hybridized carbons (Fsp3) is 0.556. The van der Waals surface area contributed by atoms with Crippen LogP contribution in [0, 0.1) is 0 Å². The first kappa shape index (κ1) is 15.5. The Morgan fingerprint density at radius 3 is 2.40 bits per heavy atom. The summed E-state index contributed by atoms with van der Waals surface area (Å²) in [4.78, 5) is 0. The highest BCUT2D eigenvalue weighted by atomic mass is 28.4. The summed E-state index contributed by atoms with van der Waals surface area (Å²) in [6.45, 7) is 11.6. The van der Waals surface area contributed by atoms with Crippen LogP contribution in [0.3, 0.4) is 0 Å². The van der Waals surface area contributed by atoms with Crippen molar-refractivity contribution in [1.82, 2.24) is 0 Å². The van der Waals surface area contributed by atoms with Crippen LogP contribution in [0.15, 0.2) is 35.9 Å². The highest BCUT2D eigenvalue weighted by molar-refractivity contribution is 6.74. The minimum Gasteiger partial charge on any atom is -0.410 e. The standard InChI is InChI=1S/C18H28OSi/c1-18(2,3)20(4,5)19-17-13-9-12-16(17)14-15-10-7-6-8-11-15/h6-8,10-11,14,17H,9,12-13H2,1-5H3/b16-14-. The minimum absolute atomic E-state index is 0.285. The molecule has 0 bridgehead atoms. The molecule has 0 saturated heterocycles. The van der Waals surface area contributed by atoms with Crippen molar-refractivity contribution < 1.29 is 4.43 Å². The molecule has 0 spiro atoms. The first-order chi connectivity index (χ1) is 9.29. The number of hydrogen-bond acceptors (Lipinski definition) is 1. The molecule has 1 fully saturated rings. The van der Waals surface area contributed by atoms with Crippen LogP contribution in [0.5, 0.6) is 0 Å². The van der Waals surface area contributed by atoms with Crippen LogP contribution in [0.1, 0.15) is 45.6 Å². The van der Waals surface area contributed by atoms with Crippen LogP contribution in [0.2, 0.25) is 18.1 Å². The van der Waals surface area contributed by atoms with Gasteiger partial charge in [0, 0.05) is 0 Å². The molecule has 20 heavy (non-hydrogen) atoms. The van der Waals surface area contributed by atoms with Gasteiger partial charge in [0.2, 0.25) is 0 Å². The topological polar surface area (TPSA) is 9.23 Å². The quantitative estimate of drug-likeness (QED) is 0.654. The second kappa shape index (κ2) is 5.86. The van der Waals surface area contributed by atoms with Gasteiger partial charge in [-0.1, -0.05) is 57.2 Å². The van der Waals surface area contributed by atoms with E-state index in [1.165, 1.54) is 30.4 Å². The Morgan fingerprint density at radius 2 is 1.80 bits per heavy atom. The summed E-state index contributed by atoms with van der Waals surface area (Å²) in [6.07, 6.45) is 6.32. The molecule has 1 saturated carbocycles. The zero-order valence-corrected chi connectivity index (χ0v) is 14.6. The van der Waals surface area contributed by atoms with Crippen molar-refractivity contribution in [3.63, 3.8) is 0 Å². The van der Waals surface area contributed by atoms with Gasteiger partial charge in [0.25, 0.3) is 0 Å². The van der Waals surface area contributed by atoms with Gasteiger partial charge >= 0.3 is 0 Å². The van der Waals surface area contributed by atoms with Crippen molar-refractivity contribution >= 4 is 14.4 Å². The molecule has 0 radical (unpaired) electrons. The van der Waals surface area contributed by atoms with Crippen LogP contribution < -0.4 is 0 Å². The van der Waals surface area contributed by atoms with E-state index >= 15 is 0 Å². The van der Waals surface area contributed by atoms with Crippen molar-refractivity contribution in [2.75, 3.05) is 0 Å². The smallest absolute Gasteiger partial charge is 0.192 e. The molecule has 1 aromatic carbocycles. The minimum atomic E-state index is -1.67. The summed E-state index contributed by atoms with van der Waals surface area (Å²) < 4.78 is 6.62. The largest absolute Gasteiger partial charge is 0.410 e. The maximum Gasteiger partial charge on any atom is 0.192 e. The van der Waals surface area contributed by atoms with Crippen molar-refractivity contribution in [1.29, 1.82) is 0 Å². The SMILES string of the molecule is CC(C)(C)[Si](C)(C)OC1CCC/C1=C/c1ccccc1. The van der Waals surface area contributed by atoms with E-state index in [0.717, 1.165) is 0 Å². The summed E-state index contributed by atoms with van der Waals surface area (Å²) in [7, 11) is -1.67. The zero-order valence-electron chi connectivity index (χ0n) is 13.6. The Hall–Kier alpha value is -0.863. The van der Waals surface area contributed by atoms with Crippen LogP contribution in [0.4, 0.5) is 0 Å². The van der Waals surface area contributed by atoms with Crippen molar-refractivity contribution in [3.8, 4) is 0 Å². The van der Waals surface area contributed by atoms with Gasteiger partial charge in [-0.15, -0.1) is 0 Å². The third-order valence-corrected chi connectivity index (χ3v) is 9.23. The van der Waals surface area contributed by atoms with Crippen LogP contribution in [-0.2, 0) is 4.43 Å². The van der Waals surface area contributed by atoms with E-state index in [1.54, 1.807) is 0 Å². The van der Waals surface area contributed by atoms with E-state index in [-0.39, 0.29) is 5.04 Å². The van der Waals surface area contributed by atoms with Gasteiger partial charge in [-0.2, -0.15) is 0 Å². The highest BCUT2D eigenvalue weighted by Crippen LogP contribution is 2.41. The van der Waals surface area contributed by atoms with Gasteiger partial charge in [-0.25, -0.2) is 0 Å². The predicted octanol–water partition coefficient (Wildman–Crippen LogP) is 5.64. The zero-order chi connectivity index (χ0) is 14.8. The van der Waals surface area contributed by atoms with E-state index in [1.807, 2.05) is 0 Å². The fourth-order valence-electron chi connectivity index (χ4n) is 2.43. The first-order valence-electron chi connectivity index (χ1n) is 7.73. The molecule has 1 unspecified atom stereocenters. The van der Waals surface area contributed by atoms with Gasteiger partial charge in [0.05, 0.1) is 6.10 Å². The molecule has 0 aromatic heterocycles. The van der Waals surface area contributed by atoms with Crippen molar-refractivity contribution in [3.05, 3.63) is 41.5 Å². The van der Waals surface area contributed by atoms with Crippen LogP contribution in [0.25, 0.3) is 6.08 Å². The Kier molecular flexibility index (Phi) is 4.55. The molecule has 1 atom stereocenters. The van der Waals surface area contributed by atoms with Crippen LogP contribution >= 0.6 is 0 Å². The molecular formula is C18H28OSi. The molecular weight excluding hydrogens is 260 g/mol. The van der Waals surface area contributed by atoms with Crippen LogP contribution in [-0.4, -0.2) is 14.4 Å². The van der Waals surface area contributed by atoms with E-state index in [9.17, 15) is 0 Å². The lowest BCUT2D eigenvalue weighted by atomic mass is 10.1. The molecule has 0 heterocycles. The Labute approximate surface area is 125 Å². The average molecular weight is 289 g/mol. The van der Waals surface area contributed by atoms with E-state index < -0.39 is 8.32 Å². The lowest BCUT2D eigenvalue weighted by molar-refractivity contribution is 0.220. The van der Waals surface area contributed by atoms with E-state index in [4.69, 9.17) is 4.43 Å². The number of hydrogen-bond donors (Lipinski definition) is 0. The third kappa shape index (κ3) is 3.61. The van der Waals surface area contributed by atoms with Gasteiger partial charge in [-0.05, 0) is 48.5 Å². The maximum atomic E-state index is 6.62. The normalized spacial score (nSPS) is 22.4. The first-order valence-corrected chi connectivity index (χ1v) is 10.6. The molecule has 0 amide bonds. The third-order valence-electron chi connectivity index (χ3n) is 4.74. The lowest BCUT2D eigenvalue weighted by Gasteiger charge is -2.38. The Balaban J connectivity index is 2.14. The Bertz CT molecular complexity index is 468. The fourth-order valence-corrected chi connectivity index (χ4v) is 3.77. The van der Waals surface area contributed by atoms with Gasteiger partial charge < -0.3 is 4.43 Å². The second-order valence-corrected chi connectivity index (χ2v) is 12.1. The molecule has 1 aliphatic carbocycles. The monoisotopic (exact) mass is 288 g/mol. The molecule has 0 aliphatic heterocycles. The molecule has 0 N–H and O–H groups in total. The van der Waals surface area contributed by atoms with Gasteiger partial charge in [0.15, 0.2) is 8.32 Å². The summed E-state index contributed by atoms with van der Waals surface area (Å²) in [6, 6.07) is 10.6. The maximum absolute atomic E-state index is 6.62. The summed E-state index contributed by atoms with van der Waals surface area (Å²) in [5.41, 5.74) is 2.79. The molecule has 1 aliphatic rings. The van der Waals surface area contributed by atoms with Crippen molar-refractivity contribution in [2.24, 2.45) is 0 Å². The van der Waals surface area contributed by atoms with Gasteiger partial charge in [0.1, 0.15) is 0 Å². The lowest BCUT2D eigenvalue weighted by Crippen LogP contribution is -2.43. The van der Waals surface area contributed by atoms with Crippen molar-refractivity contribution in [2.45, 2.75) is 64.3 Å². The summed E-state index contributed by atoms with van der Waals surface area (Å²) >= 11 is 0. The van der Waals surface area contributed by atoms with E-state index in [2.05, 4.69) is 70.3 Å². The average Bonchev–Trinajstić information content (AvgIpc) is 2.76. The molecule has 110 valence electrons. The molecule has 1 aromatic rings. The number of benzene rings is 1. The van der Waals surface area contributed by atoms with Gasteiger partial charge in [-0.3, -0.25) is 0 Å². The highest BCUT2D eigenvalue weighted by Gasteiger charge is 2.40. The Morgan fingerprint density at radius 1 is 1.15 bits per heavy atom. The predicted molar refractivity (Wildman–Crippen MR) is 90.3 cm³/mol. The summed E-state index contributed by atoms with van der Waals surface area (Å²) in [5.74, 6) is 0.